The van der Waals surface area contributed by atoms with Gasteiger partial charge < -0.3 is 9.84 Å². The summed E-state index contributed by atoms with van der Waals surface area (Å²) >= 11 is 7.37. The van der Waals surface area contributed by atoms with Crippen molar-refractivity contribution in [2.24, 2.45) is 0 Å². The Kier molecular flexibility index (Phi) is 7.70. The predicted molar refractivity (Wildman–Crippen MR) is 118 cm³/mol. The Balaban J connectivity index is 1.97. The standard InChI is InChI=1S/C23H17ClF2N2O3S/c1-28(32-19-4-2-3-17(24)9-19)12-16-8-20(15-5-14(11-27)6-18(25)7-15)22(10-21(16)26)31-13-23(29)30/h2-10H,12-13H2,1H3,(H,29,30). The fourth-order valence-electron chi connectivity index (χ4n) is 2.99. The number of hydrogen-bond acceptors (Lipinski definition) is 5. The van der Waals surface area contributed by atoms with Crippen LogP contribution in [0, 0.1) is 23.0 Å². The second-order valence-corrected chi connectivity index (χ2v) is 8.51. The smallest absolute Gasteiger partial charge is 0.341 e. The highest BCUT2D eigenvalue weighted by molar-refractivity contribution is 7.97. The molecule has 0 aromatic heterocycles. The number of nitriles is 1. The summed E-state index contributed by atoms with van der Waals surface area (Å²) in [5.74, 6) is -2.56. The van der Waals surface area contributed by atoms with Gasteiger partial charge in [0.15, 0.2) is 6.61 Å². The first-order chi connectivity index (χ1) is 15.2. The first kappa shape index (κ1) is 23.5. The van der Waals surface area contributed by atoms with Crippen LogP contribution in [0.4, 0.5) is 8.78 Å². The second kappa shape index (κ2) is 10.5. The van der Waals surface area contributed by atoms with Gasteiger partial charge in [-0.3, -0.25) is 0 Å². The van der Waals surface area contributed by atoms with Gasteiger partial charge in [-0.2, -0.15) is 5.26 Å². The minimum absolute atomic E-state index is 0.0618. The maximum atomic E-state index is 14.8. The number of nitrogens with zero attached hydrogens (tertiary/aromatic N) is 2. The van der Waals surface area contributed by atoms with Crippen LogP contribution in [0.15, 0.2) is 59.5 Å². The predicted octanol–water partition coefficient (Wildman–Crippen LogP) is 5.76. The third kappa shape index (κ3) is 6.20. The molecule has 0 aliphatic rings. The Morgan fingerprint density at radius 2 is 2.00 bits per heavy atom. The molecule has 5 nitrogen and oxygen atoms in total. The van der Waals surface area contributed by atoms with Crippen molar-refractivity contribution in [3.8, 4) is 22.9 Å². The first-order valence-electron chi connectivity index (χ1n) is 9.28. The lowest BCUT2D eigenvalue weighted by Gasteiger charge is -2.18. The summed E-state index contributed by atoms with van der Waals surface area (Å²) in [5.41, 5.74) is 0.902. The van der Waals surface area contributed by atoms with E-state index in [1.54, 1.807) is 23.5 Å². The van der Waals surface area contributed by atoms with Crippen LogP contribution >= 0.6 is 23.5 Å². The second-order valence-electron chi connectivity index (χ2n) is 6.80. The highest BCUT2D eigenvalue weighted by atomic mass is 35.5. The normalized spacial score (nSPS) is 10.8. The molecule has 0 fully saturated rings. The van der Waals surface area contributed by atoms with Crippen molar-refractivity contribution >= 4 is 29.5 Å². The summed E-state index contributed by atoms with van der Waals surface area (Å²) in [4.78, 5) is 11.8. The van der Waals surface area contributed by atoms with E-state index in [0.717, 1.165) is 17.0 Å². The van der Waals surface area contributed by atoms with Crippen molar-refractivity contribution in [3.05, 3.63) is 82.4 Å². The zero-order chi connectivity index (χ0) is 23.3. The molecule has 164 valence electrons. The zero-order valence-corrected chi connectivity index (χ0v) is 18.4. The van der Waals surface area contributed by atoms with Crippen molar-refractivity contribution in [1.29, 1.82) is 5.26 Å². The Hall–Kier alpha value is -3.12. The number of hydrogen-bond donors (Lipinski definition) is 1. The number of rotatable bonds is 8. The number of aliphatic carboxylic acids is 1. The maximum Gasteiger partial charge on any atom is 0.341 e. The first-order valence-corrected chi connectivity index (χ1v) is 10.4. The van der Waals surface area contributed by atoms with Crippen LogP contribution in [0.5, 0.6) is 5.75 Å². The lowest BCUT2D eigenvalue weighted by atomic mass is 9.99. The van der Waals surface area contributed by atoms with E-state index >= 15 is 0 Å². The number of carboxylic acids is 1. The van der Waals surface area contributed by atoms with Crippen molar-refractivity contribution in [1.82, 2.24) is 4.31 Å². The summed E-state index contributed by atoms with van der Waals surface area (Å²) < 4.78 is 35.9. The van der Waals surface area contributed by atoms with Gasteiger partial charge in [0.1, 0.15) is 17.4 Å². The van der Waals surface area contributed by atoms with Crippen molar-refractivity contribution < 1.29 is 23.4 Å². The molecule has 3 rings (SSSR count). The van der Waals surface area contributed by atoms with Crippen LogP contribution in [0.25, 0.3) is 11.1 Å². The molecule has 3 aromatic rings. The fourth-order valence-corrected chi connectivity index (χ4v) is 4.13. The van der Waals surface area contributed by atoms with E-state index in [4.69, 9.17) is 26.7 Å². The average molecular weight is 475 g/mol. The molecule has 0 aliphatic heterocycles. The Bertz CT molecular complexity index is 1200. The molecule has 1 N–H and O–H groups in total. The van der Waals surface area contributed by atoms with Gasteiger partial charge in [0, 0.05) is 33.7 Å². The summed E-state index contributed by atoms with van der Waals surface area (Å²) in [6.45, 7) is -0.521. The van der Waals surface area contributed by atoms with Gasteiger partial charge in [0.2, 0.25) is 0 Å². The van der Waals surface area contributed by atoms with Crippen LogP contribution in [0.2, 0.25) is 5.02 Å². The molecular weight excluding hydrogens is 458 g/mol. The van der Waals surface area contributed by atoms with Gasteiger partial charge >= 0.3 is 5.97 Å². The van der Waals surface area contributed by atoms with Crippen LogP contribution in [-0.4, -0.2) is 29.0 Å². The molecule has 0 unspecified atom stereocenters. The summed E-state index contributed by atoms with van der Waals surface area (Å²) in [6.07, 6.45) is 0. The molecule has 0 heterocycles. The van der Waals surface area contributed by atoms with Crippen LogP contribution < -0.4 is 4.74 Å². The molecule has 0 aliphatic carbocycles. The third-order valence-electron chi connectivity index (χ3n) is 4.29. The molecule has 3 aromatic carbocycles. The number of benzene rings is 3. The highest BCUT2D eigenvalue weighted by Gasteiger charge is 2.17. The van der Waals surface area contributed by atoms with Gasteiger partial charge in [0.25, 0.3) is 0 Å². The van der Waals surface area contributed by atoms with Gasteiger partial charge in [-0.25, -0.2) is 17.9 Å². The van der Waals surface area contributed by atoms with E-state index in [1.165, 1.54) is 30.1 Å². The maximum absolute atomic E-state index is 14.8. The van der Waals surface area contributed by atoms with E-state index in [9.17, 15) is 13.6 Å². The summed E-state index contributed by atoms with van der Waals surface area (Å²) in [5, 5.41) is 18.7. The van der Waals surface area contributed by atoms with Gasteiger partial charge in [0.05, 0.1) is 11.6 Å². The molecule has 0 atom stereocenters. The van der Waals surface area contributed by atoms with Crippen LogP contribution in [-0.2, 0) is 11.3 Å². The van der Waals surface area contributed by atoms with Crippen LogP contribution in [0.1, 0.15) is 11.1 Å². The molecule has 0 radical (unpaired) electrons. The molecule has 0 spiro atoms. The molecule has 9 heteroatoms. The van der Waals surface area contributed by atoms with Gasteiger partial charge in [-0.15, -0.1) is 0 Å². The zero-order valence-electron chi connectivity index (χ0n) is 16.8. The minimum Gasteiger partial charge on any atom is -0.481 e. The molecule has 32 heavy (non-hydrogen) atoms. The lowest BCUT2D eigenvalue weighted by molar-refractivity contribution is -0.139. The van der Waals surface area contributed by atoms with E-state index in [-0.39, 0.29) is 34.5 Å². The van der Waals surface area contributed by atoms with E-state index in [2.05, 4.69) is 0 Å². The SMILES string of the molecule is CN(Cc1cc(-c2cc(F)cc(C#N)c2)c(OCC(=O)O)cc1F)Sc1cccc(Cl)c1. The molecule has 0 saturated carbocycles. The third-order valence-corrected chi connectivity index (χ3v) is 5.43. The Morgan fingerprint density at radius 1 is 1.22 bits per heavy atom. The van der Waals surface area contributed by atoms with Gasteiger partial charge in [-0.1, -0.05) is 17.7 Å². The quantitative estimate of drug-likeness (QED) is 0.418. The molecule has 0 amide bonds. The van der Waals surface area contributed by atoms with Crippen molar-refractivity contribution in [2.45, 2.75) is 11.4 Å². The van der Waals surface area contributed by atoms with Crippen LogP contribution in [0.3, 0.4) is 0 Å². The Morgan fingerprint density at radius 3 is 2.69 bits per heavy atom. The number of halogens is 3. The largest absolute Gasteiger partial charge is 0.481 e. The van der Waals surface area contributed by atoms with E-state index in [1.807, 2.05) is 18.2 Å². The minimum atomic E-state index is -1.24. The van der Waals surface area contributed by atoms with Crippen molar-refractivity contribution in [3.63, 3.8) is 0 Å². The summed E-state index contributed by atoms with van der Waals surface area (Å²) in [7, 11) is 1.77. The van der Waals surface area contributed by atoms with Gasteiger partial charge in [-0.05, 0) is 67.0 Å². The van der Waals surface area contributed by atoms with E-state index < -0.39 is 24.2 Å². The monoisotopic (exact) mass is 474 g/mol. The number of carboxylic acid groups (broad SMARTS) is 1. The summed E-state index contributed by atoms with van der Waals surface area (Å²) in [6, 6.07) is 15.3. The number of ether oxygens (including phenoxy) is 1. The molecule has 0 bridgehead atoms. The van der Waals surface area contributed by atoms with E-state index in [0.29, 0.717) is 5.02 Å². The topological polar surface area (TPSA) is 73.6 Å². The number of carbonyl (C=O) groups is 1. The fraction of sp³-hybridized carbons (Fsp3) is 0.130. The lowest BCUT2D eigenvalue weighted by Crippen LogP contribution is -2.12. The average Bonchev–Trinajstić information content (AvgIpc) is 2.73. The highest BCUT2D eigenvalue weighted by Crippen LogP contribution is 2.35. The molecule has 0 saturated heterocycles. The Labute approximate surface area is 192 Å². The molecular formula is C23H17ClF2N2O3S. The van der Waals surface area contributed by atoms with Crippen molar-refractivity contribution in [2.75, 3.05) is 13.7 Å².